The fourth-order valence-corrected chi connectivity index (χ4v) is 4.54. The molecule has 164 valence electrons. The summed E-state index contributed by atoms with van der Waals surface area (Å²) in [7, 11) is 0. The number of nitrogens with zero attached hydrogens (tertiary/aromatic N) is 2. The van der Waals surface area contributed by atoms with Crippen LogP contribution in [-0.2, 0) is 9.63 Å². The van der Waals surface area contributed by atoms with Gasteiger partial charge >= 0.3 is 5.91 Å². The SMILES string of the molecule is CCCCCCCCCCCCCCCCCC(CC)(CC)C1ON=NC1=O. The lowest BCUT2D eigenvalue weighted by Crippen LogP contribution is -2.38. The van der Waals surface area contributed by atoms with Gasteiger partial charge < -0.3 is 4.84 Å². The van der Waals surface area contributed by atoms with Crippen LogP contribution in [0.2, 0.25) is 0 Å². The molecule has 0 saturated heterocycles. The first-order valence-corrected chi connectivity index (χ1v) is 12.3. The van der Waals surface area contributed by atoms with Crippen molar-refractivity contribution in [1.29, 1.82) is 0 Å². The largest absolute Gasteiger partial charge is 0.365 e. The Kier molecular flexibility index (Phi) is 14.3. The average Bonchev–Trinajstić information content (AvgIpc) is 3.15. The molecular formula is C24H46N2O2. The lowest BCUT2D eigenvalue weighted by Gasteiger charge is -2.33. The van der Waals surface area contributed by atoms with Gasteiger partial charge in [0.2, 0.25) is 6.10 Å². The normalized spacial score (nSPS) is 16.7. The molecule has 0 saturated carbocycles. The van der Waals surface area contributed by atoms with Crippen LogP contribution in [0.1, 0.15) is 136 Å². The van der Waals surface area contributed by atoms with Crippen LogP contribution in [0.4, 0.5) is 0 Å². The Morgan fingerprint density at radius 1 is 0.714 bits per heavy atom. The summed E-state index contributed by atoms with van der Waals surface area (Å²) < 4.78 is 0. The maximum Gasteiger partial charge on any atom is 0.311 e. The summed E-state index contributed by atoms with van der Waals surface area (Å²) in [6.07, 6.45) is 23.2. The molecule has 0 bridgehead atoms. The summed E-state index contributed by atoms with van der Waals surface area (Å²) in [5.74, 6) is -0.190. The van der Waals surface area contributed by atoms with E-state index in [-0.39, 0.29) is 11.3 Å². The van der Waals surface area contributed by atoms with Gasteiger partial charge in [-0.1, -0.05) is 122 Å². The van der Waals surface area contributed by atoms with Crippen molar-refractivity contribution in [3.05, 3.63) is 0 Å². The van der Waals surface area contributed by atoms with Crippen molar-refractivity contribution in [1.82, 2.24) is 0 Å². The molecule has 1 amide bonds. The molecule has 0 radical (unpaired) electrons. The monoisotopic (exact) mass is 394 g/mol. The molecule has 0 aliphatic carbocycles. The Morgan fingerprint density at radius 3 is 1.50 bits per heavy atom. The van der Waals surface area contributed by atoms with E-state index >= 15 is 0 Å². The lowest BCUT2D eigenvalue weighted by molar-refractivity contribution is -0.132. The second kappa shape index (κ2) is 15.9. The minimum absolute atomic E-state index is 0.0862. The number of rotatable bonds is 19. The van der Waals surface area contributed by atoms with E-state index < -0.39 is 6.10 Å². The third kappa shape index (κ3) is 9.52. The molecule has 1 heterocycles. The first-order valence-electron chi connectivity index (χ1n) is 12.3. The lowest BCUT2D eigenvalue weighted by atomic mass is 9.73. The van der Waals surface area contributed by atoms with Gasteiger partial charge in [0.1, 0.15) is 0 Å². The molecular weight excluding hydrogens is 348 g/mol. The quantitative estimate of drug-likeness (QED) is 0.207. The van der Waals surface area contributed by atoms with Crippen LogP contribution in [0, 0.1) is 5.41 Å². The van der Waals surface area contributed by atoms with Crippen molar-refractivity contribution >= 4 is 5.91 Å². The standard InChI is InChI=1S/C24H46N2O2/c1-4-7-8-9-10-11-12-13-14-15-16-17-18-19-20-21-24(5-2,6-3)22-23(27)25-26-28-22/h22H,4-21H2,1-3H3. The predicted molar refractivity (Wildman–Crippen MR) is 117 cm³/mol. The zero-order valence-electron chi connectivity index (χ0n) is 19.0. The van der Waals surface area contributed by atoms with Crippen molar-refractivity contribution < 1.29 is 9.63 Å². The highest BCUT2D eigenvalue weighted by Gasteiger charge is 2.44. The summed E-state index contributed by atoms with van der Waals surface area (Å²) >= 11 is 0. The number of hydrogen-bond acceptors (Lipinski definition) is 3. The topological polar surface area (TPSA) is 51.0 Å². The van der Waals surface area contributed by atoms with E-state index in [1.807, 2.05) is 0 Å². The van der Waals surface area contributed by atoms with E-state index in [2.05, 4.69) is 31.2 Å². The van der Waals surface area contributed by atoms with Gasteiger partial charge in [-0.05, 0) is 19.3 Å². The summed E-state index contributed by atoms with van der Waals surface area (Å²) in [4.78, 5) is 17.2. The van der Waals surface area contributed by atoms with E-state index in [0.717, 1.165) is 19.3 Å². The predicted octanol–water partition coefficient (Wildman–Crippen LogP) is 8.35. The summed E-state index contributed by atoms with van der Waals surface area (Å²) in [6, 6.07) is 0. The molecule has 0 aromatic rings. The van der Waals surface area contributed by atoms with E-state index in [1.165, 1.54) is 96.3 Å². The molecule has 0 aromatic carbocycles. The van der Waals surface area contributed by atoms with Gasteiger partial charge in [0, 0.05) is 10.7 Å². The minimum atomic E-state index is -0.450. The molecule has 1 unspecified atom stereocenters. The molecule has 1 rings (SSSR count). The van der Waals surface area contributed by atoms with E-state index in [4.69, 9.17) is 4.84 Å². The average molecular weight is 395 g/mol. The molecule has 28 heavy (non-hydrogen) atoms. The van der Waals surface area contributed by atoms with Gasteiger partial charge in [-0.15, -0.1) is 0 Å². The molecule has 1 aliphatic heterocycles. The molecule has 1 aliphatic rings. The highest BCUT2D eigenvalue weighted by molar-refractivity contribution is 5.82. The maximum atomic E-state index is 11.9. The molecule has 0 spiro atoms. The van der Waals surface area contributed by atoms with Crippen molar-refractivity contribution in [2.24, 2.45) is 15.8 Å². The summed E-state index contributed by atoms with van der Waals surface area (Å²) in [6.45, 7) is 6.59. The van der Waals surface area contributed by atoms with Gasteiger partial charge in [0.15, 0.2) is 0 Å². The van der Waals surface area contributed by atoms with Gasteiger partial charge in [-0.25, -0.2) is 0 Å². The third-order valence-corrected chi connectivity index (χ3v) is 6.76. The van der Waals surface area contributed by atoms with Gasteiger partial charge in [-0.2, -0.15) is 0 Å². The second-order valence-electron chi connectivity index (χ2n) is 8.77. The minimum Gasteiger partial charge on any atom is -0.365 e. The fraction of sp³-hybridized carbons (Fsp3) is 0.958. The number of hydrogen-bond donors (Lipinski definition) is 0. The zero-order valence-corrected chi connectivity index (χ0v) is 19.0. The van der Waals surface area contributed by atoms with Crippen LogP contribution in [0.15, 0.2) is 10.4 Å². The van der Waals surface area contributed by atoms with Gasteiger partial charge in [0.25, 0.3) is 0 Å². The first-order chi connectivity index (χ1) is 13.7. The second-order valence-corrected chi connectivity index (χ2v) is 8.77. The highest BCUT2D eigenvalue weighted by Crippen LogP contribution is 2.40. The van der Waals surface area contributed by atoms with E-state index in [1.54, 1.807) is 0 Å². The van der Waals surface area contributed by atoms with Crippen molar-refractivity contribution in [2.45, 2.75) is 142 Å². The highest BCUT2D eigenvalue weighted by atomic mass is 16.7. The van der Waals surface area contributed by atoms with Crippen LogP contribution >= 0.6 is 0 Å². The Labute approximate surface area is 174 Å². The van der Waals surface area contributed by atoms with Crippen LogP contribution < -0.4 is 0 Å². The summed E-state index contributed by atoms with van der Waals surface area (Å²) in [5, 5.41) is 7.07. The van der Waals surface area contributed by atoms with Crippen LogP contribution in [0.3, 0.4) is 0 Å². The first kappa shape index (κ1) is 25.1. The Hall–Kier alpha value is -0.930. The van der Waals surface area contributed by atoms with Crippen molar-refractivity contribution in [3.63, 3.8) is 0 Å². The molecule has 0 aromatic heterocycles. The number of carbonyl (C=O) groups excluding carboxylic acids is 1. The Morgan fingerprint density at radius 2 is 1.14 bits per heavy atom. The van der Waals surface area contributed by atoms with Crippen LogP contribution in [-0.4, -0.2) is 12.0 Å². The van der Waals surface area contributed by atoms with Crippen molar-refractivity contribution in [3.8, 4) is 0 Å². The van der Waals surface area contributed by atoms with Gasteiger partial charge in [-0.3, -0.25) is 4.79 Å². The molecule has 1 atom stereocenters. The molecule has 0 N–H and O–H groups in total. The van der Waals surface area contributed by atoms with Crippen LogP contribution in [0.5, 0.6) is 0 Å². The Balaban J connectivity index is 1.96. The van der Waals surface area contributed by atoms with Crippen molar-refractivity contribution in [2.75, 3.05) is 0 Å². The Bertz CT molecular complexity index is 419. The molecule has 4 nitrogen and oxygen atoms in total. The number of unbranched alkanes of at least 4 members (excludes halogenated alkanes) is 14. The van der Waals surface area contributed by atoms with E-state index in [0.29, 0.717) is 0 Å². The van der Waals surface area contributed by atoms with Gasteiger partial charge in [0.05, 0.1) is 0 Å². The number of carbonyl (C=O) groups is 1. The smallest absolute Gasteiger partial charge is 0.311 e. The number of amides is 1. The van der Waals surface area contributed by atoms with Crippen LogP contribution in [0.25, 0.3) is 0 Å². The zero-order chi connectivity index (χ0) is 20.5. The molecule has 0 fully saturated rings. The fourth-order valence-electron chi connectivity index (χ4n) is 4.54. The summed E-state index contributed by atoms with van der Waals surface area (Å²) in [5.41, 5.74) is -0.0862. The third-order valence-electron chi connectivity index (χ3n) is 6.76. The molecule has 4 heteroatoms. The van der Waals surface area contributed by atoms with E-state index in [9.17, 15) is 4.79 Å². The maximum absolute atomic E-state index is 11.9.